The number of halogens is 1. The van der Waals surface area contributed by atoms with Crippen LogP contribution in [0.5, 0.6) is 0 Å². The Labute approximate surface area is 129 Å². The number of likely N-dealkylation sites (tertiary alicyclic amines) is 1. The Kier molecular flexibility index (Phi) is 5.17. The number of amides is 1. The standard InChI is InChI=1S/C15H19ClN2O3/c1-2-11-4-3-8-17(9-7-11)15(19)13-6-5-12(18(20)21)10-14(13)16/h5-6,10-11H,2-4,7-9H2,1H3. The van der Waals surface area contributed by atoms with E-state index >= 15 is 0 Å². The minimum absolute atomic E-state index is 0.0986. The highest BCUT2D eigenvalue weighted by molar-refractivity contribution is 6.34. The summed E-state index contributed by atoms with van der Waals surface area (Å²) in [5.41, 5.74) is 0.246. The molecule has 6 heteroatoms. The molecular formula is C15H19ClN2O3. The zero-order valence-corrected chi connectivity index (χ0v) is 12.8. The second-order valence-corrected chi connectivity index (χ2v) is 5.83. The zero-order valence-electron chi connectivity index (χ0n) is 12.0. The van der Waals surface area contributed by atoms with Gasteiger partial charge in [0.2, 0.25) is 0 Å². The fraction of sp³-hybridized carbons (Fsp3) is 0.533. The molecular weight excluding hydrogens is 292 g/mol. The smallest absolute Gasteiger partial charge is 0.270 e. The molecule has 5 nitrogen and oxygen atoms in total. The number of rotatable bonds is 3. The summed E-state index contributed by atoms with van der Waals surface area (Å²) in [6, 6.07) is 4.01. The van der Waals surface area contributed by atoms with Gasteiger partial charge in [0.15, 0.2) is 0 Å². The van der Waals surface area contributed by atoms with Crippen molar-refractivity contribution >= 4 is 23.2 Å². The monoisotopic (exact) mass is 310 g/mol. The topological polar surface area (TPSA) is 63.5 Å². The van der Waals surface area contributed by atoms with E-state index in [1.807, 2.05) is 4.90 Å². The first-order chi connectivity index (χ1) is 10.0. The molecule has 0 N–H and O–H groups in total. The van der Waals surface area contributed by atoms with Gasteiger partial charge in [0.1, 0.15) is 0 Å². The van der Waals surface area contributed by atoms with Crippen molar-refractivity contribution < 1.29 is 9.72 Å². The van der Waals surface area contributed by atoms with Gasteiger partial charge in [-0.15, -0.1) is 0 Å². The van der Waals surface area contributed by atoms with E-state index in [9.17, 15) is 14.9 Å². The van der Waals surface area contributed by atoms with Crippen molar-refractivity contribution in [3.63, 3.8) is 0 Å². The molecule has 1 atom stereocenters. The maximum absolute atomic E-state index is 12.5. The number of nitrogens with zero attached hydrogens (tertiary/aromatic N) is 2. The van der Waals surface area contributed by atoms with E-state index in [0.29, 0.717) is 11.5 Å². The summed E-state index contributed by atoms with van der Waals surface area (Å²) in [4.78, 5) is 24.5. The molecule has 0 spiro atoms. The molecule has 1 fully saturated rings. The lowest BCUT2D eigenvalue weighted by molar-refractivity contribution is -0.384. The van der Waals surface area contributed by atoms with Crippen molar-refractivity contribution in [2.75, 3.05) is 13.1 Å². The zero-order chi connectivity index (χ0) is 15.4. The van der Waals surface area contributed by atoms with Crippen molar-refractivity contribution in [1.29, 1.82) is 0 Å². The first-order valence-corrected chi connectivity index (χ1v) is 7.64. The molecule has 0 aliphatic carbocycles. The van der Waals surface area contributed by atoms with Gasteiger partial charge in [0.05, 0.1) is 15.5 Å². The molecule has 2 rings (SSSR count). The molecule has 1 aliphatic rings. The Hall–Kier alpha value is -1.62. The van der Waals surface area contributed by atoms with Crippen LogP contribution in [0.3, 0.4) is 0 Å². The van der Waals surface area contributed by atoms with Crippen molar-refractivity contribution in [2.45, 2.75) is 32.6 Å². The first kappa shape index (κ1) is 15.8. The molecule has 1 saturated heterocycles. The molecule has 1 heterocycles. The summed E-state index contributed by atoms with van der Waals surface area (Å²) in [5.74, 6) is 0.543. The number of non-ortho nitro benzene ring substituents is 1. The maximum atomic E-state index is 12.5. The van der Waals surface area contributed by atoms with Crippen LogP contribution in [0.15, 0.2) is 18.2 Å². The molecule has 1 aliphatic heterocycles. The summed E-state index contributed by atoms with van der Waals surface area (Å²) in [5, 5.41) is 10.8. The number of carbonyl (C=O) groups is 1. The van der Waals surface area contributed by atoms with Gasteiger partial charge >= 0.3 is 0 Å². The van der Waals surface area contributed by atoms with E-state index in [2.05, 4.69) is 6.92 Å². The van der Waals surface area contributed by atoms with E-state index in [-0.39, 0.29) is 16.6 Å². The van der Waals surface area contributed by atoms with Crippen LogP contribution < -0.4 is 0 Å². The number of nitro benzene ring substituents is 1. The number of hydrogen-bond acceptors (Lipinski definition) is 3. The Morgan fingerprint density at radius 2 is 2.19 bits per heavy atom. The molecule has 1 aromatic carbocycles. The van der Waals surface area contributed by atoms with Crippen LogP contribution in [0, 0.1) is 16.0 Å². The van der Waals surface area contributed by atoms with Gasteiger partial charge in [0.25, 0.3) is 11.6 Å². The van der Waals surface area contributed by atoms with Crippen LogP contribution in [0.25, 0.3) is 0 Å². The predicted molar refractivity (Wildman–Crippen MR) is 81.6 cm³/mol. The number of nitro groups is 1. The highest BCUT2D eigenvalue weighted by Crippen LogP contribution is 2.26. The quantitative estimate of drug-likeness (QED) is 0.628. The van der Waals surface area contributed by atoms with Crippen LogP contribution in [0.2, 0.25) is 5.02 Å². The molecule has 0 bridgehead atoms. The highest BCUT2D eigenvalue weighted by atomic mass is 35.5. The molecule has 0 aromatic heterocycles. The molecule has 0 saturated carbocycles. The summed E-state index contributed by atoms with van der Waals surface area (Å²) in [6.07, 6.45) is 4.29. The normalized spacial score (nSPS) is 19.1. The molecule has 1 aromatic rings. The van der Waals surface area contributed by atoms with Crippen LogP contribution in [-0.4, -0.2) is 28.8 Å². The average Bonchev–Trinajstić information content (AvgIpc) is 2.71. The van der Waals surface area contributed by atoms with Gasteiger partial charge in [-0.1, -0.05) is 24.9 Å². The van der Waals surface area contributed by atoms with Crippen LogP contribution in [0.4, 0.5) is 5.69 Å². The van der Waals surface area contributed by atoms with E-state index < -0.39 is 4.92 Å². The Bertz CT molecular complexity index is 548. The predicted octanol–water partition coefficient (Wildman–Crippen LogP) is 3.90. The van der Waals surface area contributed by atoms with E-state index in [1.54, 1.807) is 0 Å². The van der Waals surface area contributed by atoms with Crippen molar-refractivity contribution in [3.8, 4) is 0 Å². The van der Waals surface area contributed by atoms with Gasteiger partial charge in [0, 0.05) is 25.2 Å². The first-order valence-electron chi connectivity index (χ1n) is 7.26. The molecule has 1 unspecified atom stereocenters. The van der Waals surface area contributed by atoms with Gasteiger partial charge in [-0.3, -0.25) is 14.9 Å². The Morgan fingerprint density at radius 3 is 2.81 bits per heavy atom. The van der Waals surface area contributed by atoms with Gasteiger partial charge in [-0.2, -0.15) is 0 Å². The number of carbonyl (C=O) groups excluding carboxylic acids is 1. The fourth-order valence-electron chi connectivity index (χ4n) is 2.74. The fourth-order valence-corrected chi connectivity index (χ4v) is 2.99. The summed E-state index contributed by atoms with van der Waals surface area (Å²) in [6.45, 7) is 3.63. The number of hydrogen-bond donors (Lipinski definition) is 0. The van der Waals surface area contributed by atoms with Gasteiger partial charge < -0.3 is 4.90 Å². The van der Waals surface area contributed by atoms with Crippen LogP contribution in [0.1, 0.15) is 43.0 Å². The van der Waals surface area contributed by atoms with Crippen molar-refractivity contribution in [2.24, 2.45) is 5.92 Å². The lowest BCUT2D eigenvalue weighted by atomic mass is 9.98. The Balaban J connectivity index is 2.14. The van der Waals surface area contributed by atoms with Crippen LogP contribution >= 0.6 is 11.6 Å². The van der Waals surface area contributed by atoms with Gasteiger partial charge in [-0.05, 0) is 31.2 Å². The number of benzene rings is 1. The molecule has 0 radical (unpaired) electrons. The van der Waals surface area contributed by atoms with E-state index in [0.717, 1.165) is 38.8 Å². The molecule has 1 amide bonds. The third kappa shape index (κ3) is 3.73. The summed E-state index contributed by atoms with van der Waals surface area (Å²) < 4.78 is 0. The van der Waals surface area contributed by atoms with Crippen LogP contribution in [-0.2, 0) is 0 Å². The highest BCUT2D eigenvalue weighted by Gasteiger charge is 2.23. The minimum Gasteiger partial charge on any atom is -0.339 e. The van der Waals surface area contributed by atoms with E-state index in [1.165, 1.54) is 18.2 Å². The Morgan fingerprint density at radius 1 is 1.43 bits per heavy atom. The maximum Gasteiger partial charge on any atom is 0.270 e. The largest absolute Gasteiger partial charge is 0.339 e. The summed E-state index contributed by atoms with van der Waals surface area (Å²) in [7, 11) is 0. The second kappa shape index (κ2) is 6.89. The average molecular weight is 311 g/mol. The third-order valence-corrected chi connectivity index (χ3v) is 4.42. The minimum atomic E-state index is -0.516. The van der Waals surface area contributed by atoms with Crippen molar-refractivity contribution in [1.82, 2.24) is 4.90 Å². The molecule has 21 heavy (non-hydrogen) atoms. The molecule has 114 valence electrons. The second-order valence-electron chi connectivity index (χ2n) is 5.42. The van der Waals surface area contributed by atoms with Crippen molar-refractivity contribution in [3.05, 3.63) is 38.9 Å². The lowest BCUT2D eigenvalue weighted by Crippen LogP contribution is -2.32. The lowest BCUT2D eigenvalue weighted by Gasteiger charge is -2.21. The SMILES string of the molecule is CCC1CCCN(C(=O)c2ccc([N+](=O)[O-])cc2Cl)CC1. The summed E-state index contributed by atoms with van der Waals surface area (Å²) >= 11 is 6.03. The third-order valence-electron chi connectivity index (χ3n) is 4.11. The van der Waals surface area contributed by atoms with E-state index in [4.69, 9.17) is 11.6 Å². The van der Waals surface area contributed by atoms with Gasteiger partial charge in [-0.25, -0.2) is 0 Å².